The largest absolute Gasteiger partial charge is 0.368 e. The average molecular weight is 421 g/mol. The second-order valence-electron chi connectivity index (χ2n) is 7.08. The lowest BCUT2D eigenvalue weighted by molar-refractivity contribution is 0.255. The molecule has 0 spiro atoms. The van der Waals surface area contributed by atoms with Crippen LogP contribution in [0, 0.1) is 4.91 Å². The number of anilines is 2. The number of nitroso groups, excluding NO2 is 1. The summed E-state index contributed by atoms with van der Waals surface area (Å²) in [6, 6.07) is 9.09. The lowest BCUT2D eigenvalue weighted by Crippen LogP contribution is -2.47. The highest BCUT2D eigenvalue weighted by atomic mass is 35.5. The molecule has 1 aliphatic rings. The predicted molar refractivity (Wildman–Crippen MR) is 115 cm³/mol. The van der Waals surface area contributed by atoms with Crippen LogP contribution in [-0.4, -0.2) is 53.3 Å². The Balaban J connectivity index is 1.54. The molecule has 9 nitrogen and oxygen atoms in total. The SMILES string of the molecule is Cn1c(N(CCCN2CCN(c3ccccc3Cl)CC2)N=O)cc(=O)n(C)c1=O. The summed E-state index contributed by atoms with van der Waals surface area (Å²) >= 11 is 6.28. The van der Waals surface area contributed by atoms with Crippen molar-refractivity contribution in [2.24, 2.45) is 19.4 Å². The molecule has 1 aromatic heterocycles. The smallest absolute Gasteiger partial charge is 0.332 e. The number of halogens is 1. The van der Waals surface area contributed by atoms with Gasteiger partial charge in [-0.25, -0.2) is 9.80 Å². The topological polar surface area (TPSA) is 83.2 Å². The first-order chi connectivity index (χ1) is 13.9. The van der Waals surface area contributed by atoms with E-state index in [1.165, 1.54) is 29.7 Å². The van der Waals surface area contributed by atoms with E-state index < -0.39 is 11.2 Å². The van der Waals surface area contributed by atoms with Gasteiger partial charge in [-0.05, 0) is 18.6 Å². The first-order valence-corrected chi connectivity index (χ1v) is 9.90. The van der Waals surface area contributed by atoms with Crippen LogP contribution in [0.15, 0.2) is 45.2 Å². The number of rotatable bonds is 7. The van der Waals surface area contributed by atoms with Crippen LogP contribution in [0.5, 0.6) is 0 Å². The summed E-state index contributed by atoms with van der Waals surface area (Å²) in [6.45, 7) is 4.66. The summed E-state index contributed by atoms with van der Waals surface area (Å²) in [5, 5.41) is 4.94. The van der Waals surface area contributed by atoms with Crippen molar-refractivity contribution >= 4 is 23.1 Å². The van der Waals surface area contributed by atoms with Crippen molar-refractivity contribution in [2.45, 2.75) is 6.42 Å². The van der Waals surface area contributed by atoms with E-state index in [-0.39, 0.29) is 5.82 Å². The molecule has 0 N–H and O–H groups in total. The van der Waals surface area contributed by atoms with Crippen LogP contribution in [0.25, 0.3) is 0 Å². The van der Waals surface area contributed by atoms with Crippen molar-refractivity contribution in [3.8, 4) is 0 Å². The molecule has 1 aliphatic heterocycles. The van der Waals surface area contributed by atoms with Crippen LogP contribution in [0.3, 0.4) is 0 Å². The predicted octanol–water partition coefficient (Wildman–Crippen LogP) is 1.44. The number of benzene rings is 1. The van der Waals surface area contributed by atoms with Crippen molar-refractivity contribution < 1.29 is 0 Å². The molecule has 1 fully saturated rings. The van der Waals surface area contributed by atoms with E-state index in [0.717, 1.165) is 48.0 Å². The van der Waals surface area contributed by atoms with E-state index in [1.54, 1.807) is 0 Å². The van der Waals surface area contributed by atoms with Gasteiger partial charge in [0.2, 0.25) is 0 Å². The quantitative estimate of drug-likeness (QED) is 0.498. The van der Waals surface area contributed by atoms with Gasteiger partial charge in [-0.3, -0.25) is 18.8 Å². The van der Waals surface area contributed by atoms with Gasteiger partial charge in [0.05, 0.1) is 16.0 Å². The van der Waals surface area contributed by atoms with Crippen molar-refractivity contribution in [2.75, 3.05) is 49.2 Å². The van der Waals surface area contributed by atoms with Crippen LogP contribution < -0.4 is 21.2 Å². The summed E-state index contributed by atoms with van der Waals surface area (Å²) in [6.07, 6.45) is 0.682. The fraction of sp³-hybridized carbons (Fsp3) is 0.474. The van der Waals surface area contributed by atoms with Crippen LogP contribution >= 0.6 is 11.6 Å². The van der Waals surface area contributed by atoms with E-state index in [4.69, 9.17) is 11.6 Å². The number of aromatic nitrogens is 2. The monoisotopic (exact) mass is 420 g/mol. The zero-order valence-electron chi connectivity index (χ0n) is 16.6. The molecule has 156 valence electrons. The summed E-state index contributed by atoms with van der Waals surface area (Å²) in [5.74, 6) is 0.205. The molecular weight excluding hydrogens is 396 g/mol. The van der Waals surface area contributed by atoms with E-state index in [9.17, 15) is 14.5 Å². The van der Waals surface area contributed by atoms with E-state index >= 15 is 0 Å². The summed E-state index contributed by atoms with van der Waals surface area (Å²) < 4.78 is 2.25. The lowest BCUT2D eigenvalue weighted by Gasteiger charge is -2.36. The minimum atomic E-state index is -0.489. The number of hydrogen-bond donors (Lipinski definition) is 0. The number of piperazine rings is 1. The first-order valence-electron chi connectivity index (χ1n) is 9.52. The molecule has 0 saturated carbocycles. The highest BCUT2D eigenvalue weighted by Crippen LogP contribution is 2.26. The number of nitrogens with zero attached hydrogens (tertiary/aromatic N) is 6. The van der Waals surface area contributed by atoms with Crippen LogP contribution in [-0.2, 0) is 14.1 Å². The molecule has 0 aliphatic carbocycles. The van der Waals surface area contributed by atoms with Gasteiger partial charge in [0.25, 0.3) is 5.56 Å². The normalized spacial score (nSPS) is 14.8. The first kappa shape index (κ1) is 21.1. The number of hydrogen-bond acceptors (Lipinski definition) is 6. The molecule has 1 aromatic carbocycles. The summed E-state index contributed by atoms with van der Waals surface area (Å²) in [4.78, 5) is 39.8. The molecular formula is C19H25ClN6O3. The fourth-order valence-corrected chi connectivity index (χ4v) is 3.79. The van der Waals surface area contributed by atoms with E-state index in [2.05, 4.69) is 15.1 Å². The zero-order chi connectivity index (χ0) is 21.0. The molecule has 2 aromatic rings. The third-order valence-corrected chi connectivity index (χ3v) is 5.59. The Morgan fingerprint density at radius 1 is 1.07 bits per heavy atom. The van der Waals surface area contributed by atoms with E-state index in [0.29, 0.717) is 13.0 Å². The second kappa shape index (κ2) is 9.23. The van der Waals surface area contributed by atoms with Gasteiger partial charge < -0.3 is 4.90 Å². The van der Waals surface area contributed by atoms with Gasteiger partial charge in [-0.15, -0.1) is 4.91 Å². The molecule has 29 heavy (non-hydrogen) atoms. The van der Waals surface area contributed by atoms with Gasteiger partial charge in [-0.2, -0.15) is 0 Å². The molecule has 10 heteroatoms. The van der Waals surface area contributed by atoms with Gasteiger partial charge in [0, 0.05) is 59.4 Å². The van der Waals surface area contributed by atoms with Gasteiger partial charge in [0.15, 0.2) is 0 Å². The average Bonchev–Trinajstić information content (AvgIpc) is 2.73. The van der Waals surface area contributed by atoms with Gasteiger partial charge in [0.1, 0.15) is 5.82 Å². The zero-order valence-corrected chi connectivity index (χ0v) is 17.4. The van der Waals surface area contributed by atoms with Gasteiger partial charge in [-0.1, -0.05) is 23.7 Å². The minimum Gasteiger partial charge on any atom is -0.368 e. The molecule has 0 unspecified atom stereocenters. The molecule has 3 rings (SSSR count). The maximum Gasteiger partial charge on any atom is 0.332 e. The summed E-state index contributed by atoms with van der Waals surface area (Å²) in [7, 11) is 2.92. The molecule has 0 radical (unpaired) electrons. The Kier molecular flexibility index (Phi) is 6.71. The Morgan fingerprint density at radius 2 is 1.76 bits per heavy atom. The maximum absolute atomic E-state index is 12.1. The number of para-hydroxylation sites is 1. The maximum atomic E-state index is 12.1. The van der Waals surface area contributed by atoms with Crippen molar-refractivity contribution in [1.29, 1.82) is 0 Å². The Bertz CT molecular complexity index is 981. The van der Waals surface area contributed by atoms with Crippen molar-refractivity contribution in [1.82, 2.24) is 14.0 Å². The van der Waals surface area contributed by atoms with Gasteiger partial charge >= 0.3 is 5.69 Å². The van der Waals surface area contributed by atoms with Crippen molar-refractivity contribution in [3.05, 3.63) is 61.1 Å². The Morgan fingerprint density at radius 3 is 2.41 bits per heavy atom. The molecule has 0 atom stereocenters. The Hall–Kier alpha value is -2.65. The molecule has 2 heterocycles. The highest BCUT2D eigenvalue weighted by molar-refractivity contribution is 6.33. The second-order valence-corrected chi connectivity index (χ2v) is 7.49. The standard InChI is InChI=1S/C19H25ClN6O3/c1-22-17(14-18(27)23(2)19(22)28)26(21-29)9-5-8-24-10-12-25(13-11-24)16-7-4-3-6-15(16)20/h3-4,6-7,14H,5,8-13H2,1-2H3. The molecule has 1 saturated heterocycles. The van der Waals surface area contributed by atoms with E-state index in [1.807, 2.05) is 24.3 Å². The third kappa shape index (κ3) is 4.68. The Labute approximate surface area is 173 Å². The summed E-state index contributed by atoms with van der Waals surface area (Å²) in [5.41, 5.74) is 0.0982. The van der Waals surface area contributed by atoms with Crippen LogP contribution in [0.2, 0.25) is 5.02 Å². The highest BCUT2D eigenvalue weighted by Gasteiger charge is 2.19. The van der Waals surface area contributed by atoms with Crippen LogP contribution in [0.1, 0.15) is 6.42 Å². The fourth-order valence-electron chi connectivity index (χ4n) is 3.53. The molecule has 0 bridgehead atoms. The molecule has 0 amide bonds. The minimum absolute atomic E-state index is 0.205. The van der Waals surface area contributed by atoms with Crippen LogP contribution in [0.4, 0.5) is 11.5 Å². The third-order valence-electron chi connectivity index (χ3n) is 5.27. The van der Waals surface area contributed by atoms with Crippen molar-refractivity contribution in [3.63, 3.8) is 0 Å². The lowest BCUT2D eigenvalue weighted by atomic mass is 10.2.